The van der Waals surface area contributed by atoms with Crippen LogP contribution in [0.2, 0.25) is 0 Å². The lowest BCUT2D eigenvalue weighted by Gasteiger charge is -2.34. The molecule has 2 aromatic carbocycles. The van der Waals surface area contributed by atoms with Gasteiger partial charge in [0.1, 0.15) is 11.6 Å². The molecule has 6 heteroatoms. The van der Waals surface area contributed by atoms with Crippen molar-refractivity contribution in [3.05, 3.63) is 65.5 Å². The average Bonchev–Trinajstić information content (AvgIpc) is 2.61. The first-order chi connectivity index (χ1) is 11.5. The second-order valence-corrected chi connectivity index (χ2v) is 5.64. The van der Waals surface area contributed by atoms with Crippen LogP contribution in [-0.2, 0) is 0 Å². The second kappa shape index (κ2) is 6.70. The molecule has 3 rings (SSSR count). The van der Waals surface area contributed by atoms with Crippen molar-refractivity contribution in [3.63, 3.8) is 0 Å². The van der Waals surface area contributed by atoms with Gasteiger partial charge in [-0.3, -0.25) is 9.59 Å². The Kier molecular flexibility index (Phi) is 4.46. The zero-order valence-corrected chi connectivity index (χ0v) is 13.0. The highest BCUT2D eigenvalue weighted by atomic mass is 19.1. The number of nitrogens with zero attached hydrogens (tertiary/aromatic N) is 2. The summed E-state index contributed by atoms with van der Waals surface area (Å²) in [7, 11) is 0. The van der Waals surface area contributed by atoms with E-state index in [0.29, 0.717) is 37.3 Å². The molecule has 2 amide bonds. The summed E-state index contributed by atoms with van der Waals surface area (Å²) < 4.78 is 12.9. The Labute approximate surface area is 138 Å². The molecule has 0 saturated carbocycles. The number of aromatic hydroxyl groups is 1. The summed E-state index contributed by atoms with van der Waals surface area (Å²) >= 11 is 0. The minimum atomic E-state index is -0.381. The first-order valence-electron chi connectivity index (χ1n) is 7.68. The van der Waals surface area contributed by atoms with E-state index in [-0.39, 0.29) is 23.4 Å². The smallest absolute Gasteiger partial charge is 0.254 e. The second-order valence-electron chi connectivity index (χ2n) is 5.64. The zero-order chi connectivity index (χ0) is 17.1. The third-order valence-corrected chi connectivity index (χ3v) is 4.04. The number of phenols is 1. The van der Waals surface area contributed by atoms with Crippen LogP contribution in [-0.4, -0.2) is 52.9 Å². The number of amides is 2. The van der Waals surface area contributed by atoms with Gasteiger partial charge in [-0.1, -0.05) is 6.07 Å². The van der Waals surface area contributed by atoms with Crippen LogP contribution in [0.5, 0.6) is 5.75 Å². The van der Waals surface area contributed by atoms with Gasteiger partial charge in [0.05, 0.1) is 0 Å². The van der Waals surface area contributed by atoms with E-state index in [4.69, 9.17) is 0 Å². The van der Waals surface area contributed by atoms with Crippen molar-refractivity contribution in [1.29, 1.82) is 0 Å². The van der Waals surface area contributed by atoms with Crippen LogP contribution in [0.15, 0.2) is 48.5 Å². The van der Waals surface area contributed by atoms with Crippen molar-refractivity contribution in [2.24, 2.45) is 0 Å². The lowest BCUT2D eigenvalue weighted by Crippen LogP contribution is -2.50. The molecule has 5 nitrogen and oxygen atoms in total. The Bertz CT molecular complexity index is 753. The standard InChI is InChI=1S/C18H17FN2O3/c19-15-6-4-13(5-7-15)17(23)20-8-10-21(11-9-20)18(24)14-2-1-3-16(22)12-14/h1-7,12,22H,8-11H2. The molecule has 24 heavy (non-hydrogen) atoms. The molecule has 1 fully saturated rings. The van der Waals surface area contributed by atoms with Gasteiger partial charge >= 0.3 is 0 Å². The molecule has 1 aliphatic rings. The van der Waals surface area contributed by atoms with Crippen molar-refractivity contribution in [2.45, 2.75) is 0 Å². The number of carbonyl (C=O) groups excluding carboxylic acids is 2. The Morgan fingerprint density at radius 1 is 0.833 bits per heavy atom. The van der Waals surface area contributed by atoms with E-state index in [1.807, 2.05) is 0 Å². The van der Waals surface area contributed by atoms with Crippen LogP contribution in [0.3, 0.4) is 0 Å². The number of phenolic OH excluding ortho intramolecular Hbond substituents is 1. The topological polar surface area (TPSA) is 60.9 Å². The van der Waals surface area contributed by atoms with Crippen molar-refractivity contribution in [1.82, 2.24) is 9.80 Å². The van der Waals surface area contributed by atoms with Gasteiger partial charge in [0.15, 0.2) is 0 Å². The van der Waals surface area contributed by atoms with Crippen LogP contribution in [0, 0.1) is 5.82 Å². The summed E-state index contributed by atoms with van der Waals surface area (Å²) in [6.45, 7) is 1.67. The third kappa shape index (κ3) is 3.37. The number of benzene rings is 2. The molecule has 0 aliphatic carbocycles. The van der Waals surface area contributed by atoms with Crippen LogP contribution >= 0.6 is 0 Å². The van der Waals surface area contributed by atoms with E-state index in [1.54, 1.807) is 21.9 Å². The van der Waals surface area contributed by atoms with Gasteiger partial charge in [-0.25, -0.2) is 4.39 Å². The first kappa shape index (κ1) is 16.0. The third-order valence-electron chi connectivity index (χ3n) is 4.04. The predicted molar refractivity (Wildman–Crippen MR) is 86.3 cm³/mol. The van der Waals surface area contributed by atoms with Crippen molar-refractivity contribution >= 4 is 11.8 Å². The van der Waals surface area contributed by atoms with Gasteiger partial charge in [0.2, 0.25) is 0 Å². The summed E-state index contributed by atoms with van der Waals surface area (Å²) in [5.74, 6) is -0.668. The Balaban J connectivity index is 1.62. The van der Waals surface area contributed by atoms with E-state index in [9.17, 15) is 19.1 Å². The van der Waals surface area contributed by atoms with E-state index in [2.05, 4.69) is 0 Å². The minimum absolute atomic E-state index is 0.0472. The lowest BCUT2D eigenvalue weighted by molar-refractivity contribution is 0.0535. The minimum Gasteiger partial charge on any atom is -0.508 e. The highest BCUT2D eigenvalue weighted by Crippen LogP contribution is 2.15. The molecule has 1 N–H and O–H groups in total. The van der Waals surface area contributed by atoms with Crippen molar-refractivity contribution in [2.75, 3.05) is 26.2 Å². The van der Waals surface area contributed by atoms with Crippen LogP contribution in [0.25, 0.3) is 0 Å². The van der Waals surface area contributed by atoms with E-state index in [1.165, 1.54) is 36.4 Å². The quantitative estimate of drug-likeness (QED) is 0.919. The van der Waals surface area contributed by atoms with E-state index in [0.717, 1.165) is 0 Å². The van der Waals surface area contributed by atoms with E-state index < -0.39 is 0 Å². The number of halogens is 1. The predicted octanol–water partition coefficient (Wildman–Crippen LogP) is 2.13. The molecule has 0 unspecified atom stereocenters. The number of rotatable bonds is 2. The number of hydrogen-bond donors (Lipinski definition) is 1. The summed E-state index contributed by atoms with van der Waals surface area (Å²) in [6.07, 6.45) is 0. The van der Waals surface area contributed by atoms with Crippen LogP contribution in [0.4, 0.5) is 4.39 Å². The Morgan fingerprint density at radius 2 is 1.38 bits per heavy atom. The van der Waals surface area contributed by atoms with Gasteiger partial charge in [0.25, 0.3) is 11.8 Å². The molecule has 124 valence electrons. The van der Waals surface area contributed by atoms with Crippen LogP contribution < -0.4 is 0 Å². The lowest BCUT2D eigenvalue weighted by atomic mass is 10.1. The average molecular weight is 328 g/mol. The first-order valence-corrected chi connectivity index (χ1v) is 7.68. The largest absolute Gasteiger partial charge is 0.508 e. The van der Waals surface area contributed by atoms with Gasteiger partial charge in [-0.15, -0.1) is 0 Å². The molecule has 1 saturated heterocycles. The monoisotopic (exact) mass is 328 g/mol. The maximum absolute atomic E-state index is 12.9. The molecular formula is C18H17FN2O3. The Morgan fingerprint density at radius 3 is 1.92 bits per heavy atom. The maximum Gasteiger partial charge on any atom is 0.254 e. The summed E-state index contributed by atoms with van der Waals surface area (Å²) in [5.41, 5.74) is 0.859. The number of hydrogen-bond acceptors (Lipinski definition) is 3. The normalized spacial score (nSPS) is 14.5. The SMILES string of the molecule is O=C(c1ccc(F)cc1)N1CCN(C(=O)c2cccc(O)c2)CC1. The molecule has 1 heterocycles. The molecular weight excluding hydrogens is 311 g/mol. The molecule has 0 aromatic heterocycles. The highest BCUT2D eigenvalue weighted by molar-refractivity contribution is 5.96. The van der Waals surface area contributed by atoms with Crippen LogP contribution in [0.1, 0.15) is 20.7 Å². The van der Waals surface area contributed by atoms with Crippen molar-refractivity contribution in [3.8, 4) is 5.75 Å². The molecule has 0 bridgehead atoms. The molecule has 0 atom stereocenters. The number of carbonyl (C=O) groups is 2. The summed E-state index contributed by atoms with van der Waals surface area (Å²) in [4.78, 5) is 28.1. The molecule has 0 radical (unpaired) electrons. The maximum atomic E-state index is 12.9. The van der Waals surface area contributed by atoms with Gasteiger partial charge in [0, 0.05) is 37.3 Å². The zero-order valence-electron chi connectivity index (χ0n) is 13.0. The Hall–Kier alpha value is -2.89. The van der Waals surface area contributed by atoms with Gasteiger partial charge in [-0.2, -0.15) is 0 Å². The molecule has 1 aliphatic heterocycles. The van der Waals surface area contributed by atoms with Crippen molar-refractivity contribution < 1.29 is 19.1 Å². The summed E-state index contributed by atoms with van der Waals surface area (Å²) in [5, 5.41) is 9.47. The highest BCUT2D eigenvalue weighted by Gasteiger charge is 2.25. The van der Waals surface area contributed by atoms with Gasteiger partial charge in [-0.05, 0) is 42.5 Å². The van der Waals surface area contributed by atoms with Gasteiger partial charge < -0.3 is 14.9 Å². The fourth-order valence-corrected chi connectivity index (χ4v) is 2.71. The van der Waals surface area contributed by atoms with E-state index >= 15 is 0 Å². The number of piperazine rings is 1. The molecule has 0 spiro atoms. The fraction of sp³-hybridized carbons (Fsp3) is 0.222. The summed E-state index contributed by atoms with van der Waals surface area (Å²) in [6, 6.07) is 11.6. The molecule has 2 aromatic rings. The fourth-order valence-electron chi connectivity index (χ4n) is 2.71.